The summed E-state index contributed by atoms with van der Waals surface area (Å²) in [4.78, 5) is 0. The summed E-state index contributed by atoms with van der Waals surface area (Å²) in [7, 11) is 0. The third-order valence-corrected chi connectivity index (χ3v) is 2.02. The fourth-order valence-corrected chi connectivity index (χ4v) is 1.21. The van der Waals surface area contributed by atoms with E-state index in [0.717, 1.165) is 0 Å². The first-order valence-electron chi connectivity index (χ1n) is 5.23. The Morgan fingerprint density at radius 3 is 1.92 bits per heavy atom. The van der Waals surface area contributed by atoms with Crippen LogP contribution in [-0.2, 0) is 0 Å². The maximum Gasteiger partial charge on any atom is 0.0755 e. The van der Waals surface area contributed by atoms with Crippen LogP contribution in [0.1, 0.15) is 52.4 Å². The van der Waals surface area contributed by atoms with Crippen molar-refractivity contribution in [3.8, 4) is 0 Å². The van der Waals surface area contributed by atoms with Gasteiger partial charge in [-0.2, -0.15) is 0 Å². The smallest absolute Gasteiger partial charge is 0.0755 e. The molecule has 0 bridgehead atoms. The first kappa shape index (κ1) is 14.8. The van der Waals surface area contributed by atoms with E-state index in [1.807, 2.05) is 0 Å². The molecule has 0 aliphatic heterocycles. The quantitative estimate of drug-likeness (QED) is 0.474. The monoisotopic (exact) mass is 193 g/mol. The first-order chi connectivity index (χ1) is 5.41. The number of unbranched alkanes of at least 4 members (excludes halogenated alkanes) is 4. The van der Waals surface area contributed by atoms with Crippen molar-refractivity contribution in [1.29, 1.82) is 0 Å². The maximum atomic E-state index is 2.46. The topological polar surface area (TPSA) is 16.6 Å². The van der Waals surface area contributed by atoms with E-state index in [-0.39, 0.29) is 12.4 Å². The average molecular weight is 194 g/mol. The summed E-state index contributed by atoms with van der Waals surface area (Å²) < 4.78 is 0. The average Bonchev–Trinajstić information content (AvgIpc) is 2.03. The van der Waals surface area contributed by atoms with Crippen LogP contribution >= 0.6 is 0 Å². The standard InChI is InChI=1S/C10H23N.ClH/c1-3-5-7-8-10-11-9-6-4-2;/h11H,3-10H2,1-2H3;1H. The molecule has 0 aliphatic rings. The summed E-state index contributed by atoms with van der Waals surface area (Å²) in [5.74, 6) is 0. The predicted octanol–water partition coefficient (Wildman–Crippen LogP) is -1.07. The summed E-state index contributed by atoms with van der Waals surface area (Å²) in [6.07, 6.45) is 8.34. The molecule has 2 heteroatoms. The summed E-state index contributed by atoms with van der Waals surface area (Å²) in [5.41, 5.74) is 0. The van der Waals surface area contributed by atoms with Crippen LogP contribution in [0.2, 0.25) is 0 Å². The summed E-state index contributed by atoms with van der Waals surface area (Å²) >= 11 is 0. The van der Waals surface area contributed by atoms with Gasteiger partial charge in [0.25, 0.3) is 0 Å². The summed E-state index contributed by atoms with van der Waals surface area (Å²) in [6.45, 7) is 7.20. The van der Waals surface area contributed by atoms with Gasteiger partial charge in [0.05, 0.1) is 13.1 Å². The van der Waals surface area contributed by atoms with Crippen molar-refractivity contribution >= 4 is 0 Å². The van der Waals surface area contributed by atoms with E-state index < -0.39 is 0 Å². The molecule has 76 valence electrons. The van der Waals surface area contributed by atoms with Gasteiger partial charge < -0.3 is 17.7 Å². The Kier molecular flexibility index (Phi) is 17.0. The highest BCUT2D eigenvalue weighted by atomic mass is 35.5. The highest BCUT2D eigenvalue weighted by Gasteiger charge is 1.90. The maximum absolute atomic E-state index is 2.46. The molecule has 0 atom stereocenters. The normalized spacial score (nSPS) is 9.50. The molecule has 0 unspecified atom stereocenters. The van der Waals surface area contributed by atoms with Gasteiger partial charge in [0.1, 0.15) is 0 Å². The van der Waals surface area contributed by atoms with E-state index >= 15 is 0 Å². The molecule has 0 saturated carbocycles. The van der Waals surface area contributed by atoms with Gasteiger partial charge in [-0.1, -0.05) is 33.1 Å². The van der Waals surface area contributed by atoms with Gasteiger partial charge in [0, 0.05) is 0 Å². The van der Waals surface area contributed by atoms with Crippen LogP contribution in [0.5, 0.6) is 0 Å². The molecule has 0 aromatic carbocycles. The minimum Gasteiger partial charge on any atom is -1.00 e. The van der Waals surface area contributed by atoms with Crippen LogP contribution in [0, 0.1) is 0 Å². The molecular formula is C10H24ClN. The van der Waals surface area contributed by atoms with Gasteiger partial charge in [0.2, 0.25) is 0 Å². The Balaban J connectivity index is 0. The molecule has 12 heavy (non-hydrogen) atoms. The van der Waals surface area contributed by atoms with Crippen molar-refractivity contribution < 1.29 is 17.7 Å². The highest BCUT2D eigenvalue weighted by molar-refractivity contribution is 4.36. The van der Waals surface area contributed by atoms with Gasteiger partial charge in [-0.05, 0) is 19.3 Å². The molecule has 2 N–H and O–H groups in total. The lowest BCUT2D eigenvalue weighted by molar-refractivity contribution is -0.655. The number of rotatable bonds is 8. The van der Waals surface area contributed by atoms with Crippen molar-refractivity contribution in [2.45, 2.75) is 52.4 Å². The van der Waals surface area contributed by atoms with Crippen LogP contribution < -0.4 is 17.7 Å². The van der Waals surface area contributed by atoms with Crippen LogP contribution in [0.25, 0.3) is 0 Å². The molecule has 0 fully saturated rings. The molecule has 0 saturated heterocycles. The van der Waals surface area contributed by atoms with Crippen LogP contribution in [0.4, 0.5) is 0 Å². The second-order valence-electron chi connectivity index (χ2n) is 3.28. The number of hydrogen-bond donors (Lipinski definition) is 1. The molecule has 0 spiro atoms. The molecular weight excluding hydrogens is 170 g/mol. The second kappa shape index (κ2) is 13.8. The van der Waals surface area contributed by atoms with Gasteiger partial charge in [0.15, 0.2) is 0 Å². The molecule has 0 radical (unpaired) electrons. The van der Waals surface area contributed by atoms with E-state index in [4.69, 9.17) is 0 Å². The van der Waals surface area contributed by atoms with Crippen molar-refractivity contribution in [3.05, 3.63) is 0 Å². The van der Waals surface area contributed by atoms with Crippen molar-refractivity contribution in [1.82, 2.24) is 0 Å². The van der Waals surface area contributed by atoms with Crippen LogP contribution in [0.15, 0.2) is 0 Å². The molecule has 0 aliphatic carbocycles. The lowest BCUT2D eigenvalue weighted by Crippen LogP contribution is -3.00. The minimum atomic E-state index is 0. The number of halogens is 1. The highest BCUT2D eigenvalue weighted by Crippen LogP contribution is 1.95. The van der Waals surface area contributed by atoms with Crippen molar-refractivity contribution in [3.63, 3.8) is 0 Å². The summed E-state index contributed by atoms with van der Waals surface area (Å²) in [5, 5.41) is 2.46. The van der Waals surface area contributed by atoms with Gasteiger partial charge >= 0.3 is 0 Å². The van der Waals surface area contributed by atoms with E-state index in [2.05, 4.69) is 19.2 Å². The number of quaternary nitrogens is 1. The summed E-state index contributed by atoms with van der Waals surface area (Å²) in [6, 6.07) is 0. The van der Waals surface area contributed by atoms with E-state index in [9.17, 15) is 0 Å². The third-order valence-electron chi connectivity index (χ3n) is 2.02. The SMILES string of the molecule is CCCCCC[NH2+]CCCC.[Cl-]. The Morgan fingerprint density at radius 1 is 0.750 bits per heavy atom. The minimum absolute atomic E-state index is 0. The second-order valence-corrected chi connectivity index (χ2v) is 3.28. The molecule has 0 aromatic rings. The van der Waals surface area contributed by atoms with E-state index in [1.165, 1.54) is 51.6 Å². The van der Waals surface area contributed by atoms with Crippen molar-refractivity contribution in [2.24, 2.45) is 0 Å². The zero-order valence-electron chi connectivity index (χ0n) is 8.61. The molecule has 0 rings (SSSR count). The number of nitrogens with two attached hydrogens (primary N) is 1. The lowest BCUT2D eigenvalue weighted by atomic mass is 10.2. The zero-order chi connectivity index (χ0) is 8.36. The van der Waals surface area contributed by atoms with Crippen LogP contribution in [0.3, 0.4) is 0 Å². The molecule has 0 heterocycles. The fourth-order valence-electron chi connectivity index (χ4n) is 1.21. The molecule has 0 aromatic heterocycles. The first-order valence-corrected chi connectivity index (χ1v) is 5.23. The van der Waals surface area contributed by atoms with Crippen molar-refractivity contribution in [2.75, 3.05) is 13.1 Å². The van der Waals surface area contributed by atoms with Crippen LogP contribution in [-0.4, -0.2) is 13.1 Å². The number of hydrogen-bond acceptors (Lipinski definition) is 0. The Labute approximate surface area is 83.7 Å². The zero-order valence-corrected chi connectivity index (χ0v) is 9.37. The Hall–Kier alpha value is 0.250. The predicted molar refractivity (Wildman–Crippen MR) is 50.7 cm³/mol. The van der Waals surface area contributed by atoms with E-state index in [0.29, 0.717) is 0 Å². The molecule has 0 amide bonds. The lowest BCUT2D eigenvalue weighted by Gasteiger charge is -1.99. The Morgan fingerprint density at radius 2 is 1.33 bits per heavy atom. The van der Waals surface area contributed by atoms with E-state index in [1.54, 1.807) is 0 Å². The third kappa shape index (κ3) is 12.9. The largest absolute Gasteiger partial charge is 1.00 e. The fraction of sp³-hybridized carbons (Fsp3) is 1.00. The Bertz CT molecular complexity index is 58.9. The van der Waals surface area contributed by atoms with Gasteiger partial charge in [-0.15, -0.1) is 0 Å². The molecule has 1 nitrogen and oxygen atoms in total. The van der Waals surface area contributed by atoms with Gasteiger partial charge in [-0.25, -0.2) is 0 Å². The van der Waals surface area contributed by atoms with Gasteiger partial charge in [-0.3, -0.25) is 0 Å².